The van der Waals surface area contributed by atoms with E-state index in [0.717, 1.165) is 43.7 Å². The van der Waals surface area contributed by atoms with Crippen LogP contribution in [0.25, 0.3) is 0 Å². The third-order valence-corrected chi connectivity index (χ3v) is 4.59. The van der Waals surface area contributed by atoms with Gasteiger partial charge in [0, 0.05) is 6.54 Å². The average Bonchev–Trinajstić information content (AvgIpc) is 3.02. The van der Waals surface area contributed by atoms with E-state index in [1.807, 2.05) is 20.2 Å². The fourth-order valence-corrected chi connectivity index (χ4v) is 3.25. The Morgan fingerprint density at radius 2 is 2.04 bits per heavy atom. The zero-order chi connectivity index (χ0) is 18.4. The average molecular weight is 356 g/mol. The van der Waals surface area contributed by atoms with Crippen LogP contribution in [0.5, 0.6) is 0 Å². The monoisotopic (exact) mass is 356 g/mol. The zero-order valence-corrected chi connectivity index (χ0v) is 15.7. The molecule has 0 spiro atoms. The Hall–Kier alpha value is -2.27. The van der Waals surface area contributed by atoms with E-state index < -0.39 is 0 Å². The number of rotatable bonds is 7. The van der Waals surface area contributed by atoms with Crippen molar-refractivity contribution in [2.24, 2.45) is 0 Å². The van der Waals surface area contributed by atoms with E-state index in [-0.39, 0.29) is 6.09 Å². The van der Waals surface area contributed by atoms with Gasteiger partial charge in [-0.25, -0.2) is 4.79 Å². The number of carbonyl (C=O) groups is 1. The molecule has 0 saturated heterocycles. The summed E-state index contributed by atoms with van der Waals surface area (Å²) < 4.78 is 11.3. The summed E-state index contributed by atoms with van der Waals surface area (Å²) in [6, 6.07) is 12.5. The SMILES string of the molecule is CN(C)Cc1cc2c(o1)CN(C(=O)OCCCCc1ccccc1)CC2. The first-order valence-corrected chi connectivity index (χ1v) is 9.32. The standard InChI is InChI=1S/C21H28N2O3/c1-22(2)15-19-14-18-11-12-23(16-20(18)26-19)21(24)25-13-7-6-10-17-8-4-3-5-9-17/h3-5,8-9,14H,6-7,10-13,15-16H2,1-2H3. The number of carbonyl (C=O) groups excluding carboxylic acids is 1. The molecule has 5 heteroatoms. The van der Waals surface area contributed by atoms with Gasteiger partial charge in [0.15, 0.2) is 0 Å². The van der Waals surface area contributed by atoms with Crippen LogP contribution >= 0.6 is 0 Å². The predicted molar refractivity (Wildman–Crippen MR) is 101 cm³/mol. The molecule has 26 heavy (non-hydrogen) atoms. The van der Waals surface area contributed by atoms with E-state index >= 15 is 0 Å². The minimum atomic E-state index is -0.235. The number of hydrogen-bond acceptors (Lipinski definition) is 4. The molecule has 0 N–H and O–H groups in total. The molecule has 140 valence electrons. The molecular formula is C21H28N2O3. The van der Waals surface area contributed by atoms with Crippen LogP contribution in [0, 0.1) is 0 Å². The Morgan fingerprint density at radius 1 is 1.23 bits per heavy atom. The van der Waals surface area contributed by atoms with Gasteiger partial charge in [0.1, 0.15) is 11.5 Å². The smallest absolute Gasteiger partial charge is 0.410 e. The summed E-state index contributed by atoms with van der Waals surface area (Å²) in [7, 11) is 4.03. The highest BCUT2D eigenvalue weighted by Gasteiger charge is 2.25. The minimum Gasteiger partial charge on any atom is -0.463 e. The van der Waals surface area contributed by atoms with Gasteiger partial charge >= 0.3 is 6.09 Å². The van der Waals surface area contributed by atoms with Gasteiger partial charge < -0.3 is 19.0 Å². The Morgan fingerprint density at radius 3 is 2.81 bits per heavy atom. The number of hydrogen-bond donors (Lipinski definition) is 0. The summed E-state index contributed by atoms with van der Waals surface area (Å²) in [4.78, 5) is 16.1. The second-order valence-corrected chi connectivity index (χ2v) is 7.13. The molecular weight excluding hydrogens is 328 g/mol. The number of unbranched alkanes of at least 4 members (excludes halogenated alkanes) is 1. The number of aryl methyl sites for hydroxylation is 1. The van der Waals surface area contributed by atoms with Crippen LogP contribution in [0.4, 0.5) is 4.79 Å². The molecule has 0 bridgehead atoms. The lowest BCUT2D eigenvalue weighted by atomic mass is 10.1. The Balaban J connectivity index is 1.39. The van der Waals surface area contributed by atoms with Gasteiger partial charge in [0.2, 0.25) is 0 Å². The van der Waals surface area contributed by atoms with Gasteiger partial charge in [-0.2, -0.15) is 0 Å². The normalized spacial score (nSPS) is 13.7. The fraction of sp³-hybridized carbons (Fsp3) is 0.476. The summed E-state index contributed by atoms with van der Waals surface area (Å²) >= 11 is 0. The highest BCUT2D eigenvalue weighted by Crippen LogP contribution is 2.24. The molecule has 0 radical (unpaired) electrons. The first-order valence-electron chi connectivity index (χ1n) is 9.32. The van der Waals surface area contributed by atoms with Crippen molar-refractivity contribution >= 4 is 6.09 Å². The topological polar surface area (TPSA) is 45.9 Å². The van der Waals surface area contributed by atoms with Crippen LogP contribution in [-0.2, 0) is 30.7 Å². The molecule has 5 nitrogen and oxygen atoms in total. The Bertz CT molecular complexity index is 709. The molecule has 3 rings (SSSR count). The molecule has 0 atom stereocenters. The van der Waals surface area contributed by atoms with Crippen molar-refractivity contribution in [2.75, 3.05) is 27.2 Å². The van der Waals surface area contributed by atoms with Crippen molar-refractivity contribution < 1.29 is 13.9 Å². The second-order valence-electron chi connectivity index (χ2n) is 7.13. The second kappa shape index (κ2) is 8.90. The Labute approximate surface area is 155 Å². The lowest BCUT2D eigenvalue weighted by molar-refractivity contribution is 0.0928. The Kier molecular flexibility index (Phi) is 6.34. The summed E-state index contributed by atoms with van der Waals surface area (Å²) in [6.45, 7) is 2.44. The molecule has 0 fully saturated rings. The van der Waals surface area contributed by atoms with Gasteiger partial charge in [0.05, 0.1) is 19.7 Å². The number of amides is 1. The van der Waals surface area contributed by atoms with Crippen LogP contribution in [0.15, 0.2) is 40.8 Å². The molecule has 0 saturated carbocycles. The van der Waals surface area contributed by atoms with Crippen LogP contribution < -0.4 is 0 Å². The summed E-state index contributed by atoms with van der Waals surface area (Å²) in [5.74, 6) is 1.85. The van der Waals surface area contributed by atoms with Gasteiger partial charge in [-0.3, -0.25) is 0 Å². The van der Waals surface area contributed by atoms with Gasteiger partial charge in [-0.1, -0.05) is 30.3 Å². The zero-order valence-electron chi connectivity index (χ0n) is 15.7. The largest absolute Gasteiger partial charge is 0.463 e. The van der Waals surface area contributed by atoms with E-state index in [2.05, 4.69) is 35.2 Å². The van der Waals surface area contributed by atoms with E-state index in [4.69, 9.17) is 9.15 Å². The summed E-state index contributed by atoms with van der Waals surface area (Å²) in [5, 5.41) is 0. The van der Waals surface area contributed by atoms with Gasteiger partial charge in [0.25, 0.3) is 0 Å². The number of fused-ring (bicyclic) bond motifs is 1. The third kappa shape index (κ3) is 5.11. The van der Waals surface area contributed by atoms with E-state index in [1.165, 1.54) is 11.1 Å². The molecule has 1 aromatic heterocycles. The first kappa shape index (κ1) is 18.5. The van der Waals surface area contributed by atoms with Crippen LogP contribution in [0.1, 0.15) is 35.5 Å². The fourth-order valence-electron chi connectivity index (χ4n) is 3.25. The number of furan rings is 1. The first-order chi connectivity index (χ1) is 12.6. The molecule has 1 aromatic carbocycles. The number of benzene rings is 1. The van der Waals surface area contributed by atoms with Crippen LogP contribution in [0.2, 0.25) is 0 Å². The minimum absolute atomic E-state index is 0.235. The van der Waals surface area contributed by atoms with Gasteiger partial charge in [-0.15, -0.1) is 0 Å². The number of ether oxygens (including phenoxy) is 1. The molecule has 0 aliphatic carbocycles. The van der Waals surface area contributed by atoms with E-state index in [9.17, 15) is 4.79 Å². The number of nitrogens with zero attached hydrogens (tertiary/aromatic N) is 2. The maximum Gasteiger partial charge on any atom is 0.410 e. The molecule has 1 aliphatic rings. The summed E-state index contributed by atoms with van der Waals surface area (Å²) in [6.07, 6.45) is 3.52. The molecule has 1 aliphatic heterocycles. The highest BCUT2D eigenvalue weighted by atomic mass is 16.6. The third-order valence-electron chi connectivity index (χ3n) is 4.59. The predicted octanol–water partition coefficient (Wildman–Crippen LogP) is 3.86. The van der Waals surface area contributed by atoms with Gasteiger partial charge in [-0.05, 0) is 57.0 Å². The highest BCUT2D eigenvalue weighted by molar-refractivity contribution is 5.68. The quantitative estimate of drug-likeness (QED) is 0.707. The maximum atomic E-state index is 12.3. The van der Waals surface area contributed by atoms with Crippen molar-refractivity contribution in [3.63, 3.8) is 0 Å². The molecule has 2 heterocycles. The molecule has 2 aromatic rings. The van der Waals surface area contributed by atoms with Crippen molar-refractivity contribution in [3.8, 4) is 0 Å². The lowest BCUT2D eigenvalue weighted by Gasteiger charge is -2.25. The molecule has 1 amide bonds. The summed E-state index contributed by atoms with van der Waals surface area (Å²) in [5.41, 5.74) is 2.54. The van der Waals surface area contributed by atoms with Crippen molar-refractivity contribution in [2.45, 2.75) is 38.8 Å². The lowest BCUT2D eigenvalue weighted by Crippen LogP contribution is -2.36. The van der Waals surface area contributed by atoms with Crippen LogP contribution in [0.3, 0.4) is 0 Å². The van der Waals surface area contributed by atoms with Crippen molar-refractivity contribution in [1.29, 1.82) is 0 Å². The molecule has 0 unspecified atom stereocenters. The maximum absolute atomic E-state index is 12.3. The van der Waals surface area contributed by atoms with Crippen molar-refractivity contribution in [3.05, 3.63) is 59.0 Å². The van der Waals surface area contributed by atoms with Crippen molar-refractivity contribution in [1.82, 2.24) is 9.80 Å². The van der Waals surface area contributed by atoms with E-state index in [0.29, 0.717) is 19.7 Å². The van der Waals surface area contributed by atoms with E-state index in [1.54, 1.807) is 4.90 Å². The van der Waals surface area contributed by atoms with Crippen LogP contribution in [-0.4, -0.2) is 43.1 Å².